The van der Waals surface area contributed by atoms with Crippen LogP contribution in [-0.4, -0.2) is 28.6 Å². The molecule has 4 heteroatoms. The summed E-state index contributed by atoms with van der Waals surface area (Å²) >= 11 is 0. The van der Waals surface area contributed by atoms with E-state index < -0.39 is 6.10 Å². The summed E-state index contributed by atoms with van der Waals surface area (Å²) in [5, 5.41) is 11.6. The van der Waals surface area contributed by atoms with Gasteiger partial charge in [0.2, 0.25) is 0 Å². The summed E-state index contributed by atoms with van der Waals surface area (Å²) in [6.07, 6.45) is 2.66. The van der Waals surface area contributed by atoms with Crippen LogP contribution in [0.5, 0.6) is 0 Å². The van der Waals surface area contributed by atoms with E-state index in [4.69, 9.17) is 5.11 Å². The fourth-order valence-corrected chi connectivity index (χ4v) is 1.02. The van der Waals surface area contributed by atoms with Gasteiger partial charge in [0.15, 0.2) is 0 Å². The molecule has 0 bridgehead atoms. The predicted octanol–water partition coefficient (Wildman–Crippen LogP) is 0.501. The Hall–Kier alpha value is -1.42. The highest BCUT2D eigenvalue weighted by Gasteiger charge is 2.06. The summed E-state index contributed by atoms with van der Waals surface area (Å²) in [5.41, 5.74) is 1.46. The van der Waals surface area contributed by atoms with Gasteiger partial charge in [0.1, 0.15) is 0 Å². The van der Waals surface area contributed by atoms with Gasteiger partial charge in [0.25, 0.3) is 5.91 Å². The van der Waals surface area contributed by atoms with Crippen molar-refractivity contribution in [3.8, 4) is 0 Å². The van der Waals surface area contributed by atoms with Crippen LogP contribution in [0.4, 0.5) is 0 Å². The van der Waals surface area contributed by atoms with E-state index in [1.165, 1.54) is 6.20 Å². The number of amides is 1. The SMILES string of the molecule is Cc1cncc(C(=O)NC[C@H](C)O)c1. The number of aliphatic hydroxyl groups is 1. The minimum Gasteiger partial charge on any atom is -0.392 e. The Morgan fingerprint density at radius 2 is 2.36 bits per heavy atom. The molecule has 1 rings (SSSR count). The van der Waals surface area contributed by atoms with Crippen molar-refractivity contribution in [3.63, 3.8) is 0 Å². The standard InChI is InChI=1S/C10H14N2O2/c1-7-3-9(6-11-4-7)10(14)12-5-8(2)13/h3-4,6,8,13H,5H2,1-2H3,(H,12,14)/t8-/m0/s1. The van der Waals surface area contributed by atoms with Gasteiger partial charge in [-0.15, -0.1) is 0 Å². The Balaban J connectivity index is 2.61. The Morgan fingerprint density at radius 3 is 2.93 bits per heavy atom. The Labute approximate surface area is 83.0 Å². The second-order valence-electron chi connectivity index (χ2n) is 3.31. The maximum Gasteiger partial charge on any atom is 0.252 e. The largest absolute Gasteiger partial charge is 0.392 e. The first-order valence-electron chi connectivity index (χ1n) is 4.47. The number of carbonyl (C=O) groups is 1. The van der Waals surface area contributed by atoms with E-state index in [0.717, 1.165) is 5.56 Å². The zero-order valence-corrected chi connectivity index (χ0v) is 8.32. The third-order valence-corrected chi connectivity index (χ3v) is 1.70. The van der Waals surface area contributed by atoms with Crippen LogP contribution in [0, 0.1) is 6.92 Å². The van der Waals surface area contributed by atoms with Crippen LogP contribution in [-0.2, 0) is 0 Å². The average Bonchev–Trinajstić information content (AvgIpc) is 2.14. The molecule has 2 N–H and O–H groups in total. The first-order chi connectivity index (χ1) is 6.59. The second-order valence-corrected chi connectivity index (χ2v) is 3.31. The van der Waals surface area contributed by atoms with Crippen LogP contribution >= 0.6 is 0 Å². The van der Waals surface area contributed by atoms with Gasteiger partial charge in [0, 0.05) is 18.9 Å². The molecule has 0 fully saturated rings. The van der Waals surface area contributed by atoms with Gasteiger partial charge in [-0.1, -0.05) is 0 Å². The molecule has 14 heavy (non-hydrogen) atoms. The lowest BCUT2D eigenvalue weighted by atomic mass is 10.2. The lowest BCUT2D eigenvalue weighted by Gasteiger charge is -2.06. The molecule has 76 valence electrons. The molecule has 0 radical (unpaired) electrons. The highest BCUT2D eigenvalue weighted by atomic mass is 16.3. The number of rotatable bonds is 3. The number of pyridine rings is 1. The van der Waals surface area contributed by atoms with Crippen molar-refractivity contribution in [1.82, 2.24) is 10.3 Å². The molecular formula is C10H14N2O2. The molecule has 1 amide bonds. The van der Waals surface area contributed by atoms with Crippen molar-refractivity contribution in [2.75, 3.05) is 6.54 Å². The van der Waals surface area contributed by atoms with E-state index in [9.17, 15) is 4.79 Å². The van der Waals surface area contributed by atoms with E-state index >= 15 is 0 Å². The van der Waals surface area contributed by atoms with Gasteiger partial charge >= 0.3 is 0 Å². The van der Waals surface area contributed by atoms with E-state index in [2.05, 4.69) is 10.3 Å². The van der Waals surface area contributed by atoms with Crippen molar-refractivity contribution in [1.29, 1.82) is 0 Å². The monoisotopic (exact) mass is 194 g/mol. The van der Waals surface area contributed by atoms with E-state index in [0.29, 0.717) is 5.56 Å². The van der Waals surface area contributed by atoms with Crippen LogP contribution in [0.2, 0.25) is 0 Å². The molecule has 0 saturated carbocycles. The quantitative estimate of drug-likeness (QED) is 0.736. The average molecular weight is 194 g/mol. The summed E-state index contributed by atoms with van der Waals surface area (Å²) in [6.45, 7) is 3.75. The van der Waals surface area contributed by atoms with Crippen molar-refractivity contribution in [3.05, 3.63) is 29.6 Å². The van der Waals surface area contributed by atoms with Crippen molar-refractivity contribution < 1.29 is 9.90 Å². The third-order valence-electron chi connectivity index (χ3n) is 1.70. The van der Waals surface area contributed by atoms with Crippen LogP contribution < -0.4 is 5.32 Å². The molecule has 0 aliphatic carbocycles. The fourth-order valence-electron chi connectivity index (χ4n) is 1.02. The molecule has 0 unspecified atom stereocenters. The maximum atomic E-state index is 11.4. The molecule has 0 aliphatic rings. The molecule has 1 aromatic heterocycles. The molecule has 1 aromatic rings. The predicted molar refractivity (Wildman–Crippen MR) is 53.0 cm³/mol. The van der Waals surface area contributed by atoms with Crippen LogP contribution in [0.3, 0.4) is 0 Å². The zero-order chi connectivity index (χ0) is 10.6. The number of nitrogens with one attached hydrogen (secondary N) is 1. The van der Waals surface area contributed by atoms with Crippen LogP contribution in [0.25, 0.3) is 0 Å². The lowest BCUT2D eigenvalue weighted by molar-refractivity contribution is 0.0923. The van der Waals surface area contributed by atoms with Gasteiger partial charge in [-0.25, -0.2) is 0 Å². The summed E-state index contributed by atoms with van der Waals surface area (Å²) in [7, 11) is 0. The van der Waals surface area contributed by atoms with Crippen molar-refractivity contribution in [2.24, 2.45) is 0 Å². The van der Waals surface area contributed by atoms with Gasteiger partial charge in [0.05, 0.1) is 11.7 Å². The fraction of sp³-hybridized carbons (Fsp3) is 0.400. The van der Waals surface area contributed by atoms with Gasteiger partial charge in [-0.05, 0) is 25.5 Å². The topological polar surface area (TPSA) is 62.2 Å². The van der Waals surface area contributed by atoms with E-state index in [1.807, 2.05) is 6.92 Å². The minimum absolute atomic E-state index is 0.206. The number of aromatic nitrogens is 1. The van der Waals surface area contributed by atoms with Gasteiger partial charge in [-0.3, -0.25) is 9.78 Å². The van der Waals surface area contributed by atoms with E-state index in [-0.39, 0.29) is 12.5 Å². The zero-order valence-electron chi connectivity index (χ0n) is 8.32. The number of hydrogen-bond acceptors (Lipinski definition) is 3. The molecule has 0 aliphatic heterocycles. The Morgan fingerprint density at radius 1 is 1.64 bits per heavy atom. The molecule has 0 aromatic carbocycles. The normalized spacial score (nSPS) is 12.2. The number of aryl methyl sites for hydroxylation is 1. The first kappa shape index (κ1) is 10.7. The first-order valence-corrected chi connectivity index (χ1v) is 4.47. The van der Waals surface area contributed by atoms with Crippen molar-refractivity contribution >= 4 is 5.91 Å². The second kappa shape index (κ2) is 4.72. The Bertz CT molecular complexity index is 324. The van der Waals surface area contributed by atoms with E-state index in [1.54, 1.807) is 19.2 Å². The highest BCUT2D eigenvalue weighted by Crippen LogP contribution is 2.00. The highest BCUT2D eigenvalue weighted by molar-refractivity contribution is 5.93. The minimum atomic E-state index is -0.531. The van der Waals surface area contributed by atoms with Crippen LogP contribution in [0.1, 0.15) is 22.8 Å². The number of carbonyl (C=O) groups excluding carboxylic acids is 1. The molecule has 1 atom stereocenters. The summed E-state index contributed by atoms with van der Waals surface area (Å²) < 4.78 is 0. The lowest BCUT2D eigenvalue weighted by Crippen LogP contribution is -2.30. The molecular weight excluding hydrogens is 180 g/mol. The molecule has 1 heterocycles. The van der Waals surface area contributed by atoms with Gasteiger partial charge < -0.3 is 10.4 Å². The Kier molecular flexibility index (Phi) is 3.59. The smallest absolute Gasteiger partial charge is 0.252 e. The maximum absolute atomic E-state index is 11.4. The third kappa shape index (κ3) is 3.14. The van der Waals surface area contributed by atoms with Gasteiger partial charge in [-0.2, -0.15) is 0 Å². The van der Waals surface area contributed by atoms with Crippen molar-refractivity contribution in [2.45, 2.75) is 20.0 Å². The molecule has 4 nitrogen and oxygen atoms in total. The molecule has 0 spiro atoms. The summed E-state index contributed by atoms with van der Waals surface area (Å²) in [6, 6.07) is 1.75. The number of nitrogens with zero attached hydrogens (tertiary/aromatic N) is 1. The summed E-state index contributed by atoms with van der Waals surface area (Å²) in [4.78, 5) is 15.3. The molecule has 0 saturated heterocycles. The van der Waals surface area contributed by atoms with Crippen LogP contribution in [0.15, 0.2) is 18.5 Å². The number of aliphatic hydroxyl groups excluding tert-OH is 1. The summed E-state index contributed by atoms with van der Waals surface area (Å²) in [5.74, 6) is -0.206. The number of hydrogen-bond donors (Lipinski definition) is 2.